The van der Waals surface area contributed by atoms with Gasteiger partial charge in [-0.15, -0.1) is 0 Å². The number of H-pyrrole nitrogens is 1. The van der Waals surface area contributed by atoms with E-state index < -0.39 is 47.5 Å². The molecule has 0 fully saturated rings. The lowest BCUT2D eigenvalue weighted by Gasteiger charge is -2.12. The van der Waals surface area contributed by atoms with Gasteiger partial charge in [-0.2, -0.15) is 0 Å². The molecule has 1 heterocycles. The summed E-state index contributed by atoms with van der Waals surface area (Å²) in [6.07, 6.45) is 1.19. The predicted molar refractivity (Wildman–Crippen MR) is 135 cm³/mol. The Morgan fingerprint density at radius 1 is 1.13 bits per heavy atom. The molecule has 0 saturated carbocycles. The van der Waals surface area contributed by atoms with E-state index in [-0.39, 0.29) is 30.0 Å². The number of aliphatic carboxylic acids is 1. The zero-order valence-corrected chi connectivity index (χ0v) is 20.5. The minimum Gasteiger partial charge on any atom is -0.494 e. The van der Waals surface area contributed by atoms with Gasteiger partial charge >= 0.3 is 11.7 Å². The predicted octanol–water partition coefficient (Wildman–Crippen LogP) is -0.424. The number of benzene rings is 2. The summed E-state index contributed by atoms with van der Waals surface area (Å²) in [6, 6.07) is 8.47. The van der Waals surface area contributed by atoms with Crippen LogP contribution in [0, 0.1) is 17.7 Å². The van der Waals surface area contributed by atoms with Crippen LogP contribution in [0.3, 0.4) is 0 Å². The standard InChI is InChI=1S/C26H23FN4O8/c1-39-21-10-16(4-8-19(21)27)11-28-22(33)9-7-18-13-31(26(38)30-24(18)35)12-15-2-5-17(6-3-15)23(34)29-20(14-32)25(36)37/h2-6,8,10,13,20,32H,11-12,14H2,1H3,(H,28,33)(H,29,34)(H,36,37)(H,30,35,38)/t20-/m1/s1. The van der Waals surface area contributed by atoms with Crippen LogP contribution in [0.15, 0.2) is 58.3 Å². The van der Waals surface area contributed by atoms with E-state index in [0.717, 1.165) is 4.57 Å². The molecule has 0 aliphatic rings. The van der Waals surface area contributed by atoms with Gasteiger partial charge in [0.05, 0.1) is 20.3 Å². The number of amides is 2. The van der Waals surface area contributed by atoms with Gasteiger partial charge in [0.2, 0.25) is 0 Å². The van der Waals surface area contributed by atoms with E-state index >= 15 is 0 Å². The number of halogens is 1. The fraction of sp³-hybridized carbons (Fsp3) is 0.192. The van der Waals surface area contributed by atoms with Crippen LogP contribution in [-0.2, 0) is 22.7 Å². The van der Waals surface area contributed by atoms with Crippen molar-refractivity contribution in [2.75, 3.05) is 13.7 Å². The van der Waals surface area contributed by atoms with Crippen molar-refractivity contribution in [1.29, 1.82) is 0 Å². The molecule has 1 atom stereocenters. The molecule has 202 valence electrons. The monoisotopic (exact) mass is 538 g/mol. The second kappa shape index (κ2) is 12.8. The summed E-state index contributed by atoms with van der Waals surface area (Å²) in [5.74, 6) is 1.35. The molecule has 0 radical (unpaired) electrons. The smallest absolute Gasteiger partial charge is 0.328 e. The maximum absolute atomic E-state index is 13.5. The summed E-state index contributed by atoms with van der Waals surface area (Å²) in [4.78, 5) is 61.8. The van der Waals surface area contributed by atoms with Crippen molar-refractivity contribution < 1.29 is 33.7 Å². The number of rotatable bonds is 9. The molecule has 0 bridgehead atoms. The number of nitrogens with zero attached hydrogens (tertiary/aromatic N) is 1. The topological polar surface area (TPSA) is 180 Å². The third-order valence-electron chi connectivity index (χ3n) is 5.35. The zero-order valence-electron chi connectivity index (χ0n) is 20.5. The molecule has 2 aromatic carbocycles. The van der Waals surface area contributed by atoms with E-state index in [0.29, 0.717) is 11.1 Å². The number of carboxylic acids is 1. The first-order valence-corrected chi connectivity index (χ1v) is 11.3. The Morgan fingerprint density at radius 3 is 2.46 bits per heavy atom. The number of aromatic nitrogens is 2. The summed E-state index contributed by atoms with van der Waals surface area (Å²) in [5.41, 5.74) is -0.410. The number of aliphatic hydroxyl groups excluding tert-OH is 1. The Bertz CT molecular complexity index is 1570. The molecule has 1 aromatic heterocycles. The molecular weight excluding hydrogens is 515 g/mol. The lowest BCUT2D eigenvalue weighted by molar-refractivity contribution is -0.140. The van der Waals surface area contributed by atoms with Gasteiger partial charge in [0, 0.05) is 24.2 Å². The highest BCUT2D eigenvalue weighted by molar-refractivity contribution is 5.96. The van der Waals surface area contributed by atoms with E-state index in [1.54, 1.807) is 0 Å². The molecular formula is C26H23FN4O8. The average Bonchev–Trinajstić information content (AvgIpc) is 2.92. The molecule has 5 N–H and O–H groups in total. The van der Waals surface area contributed by atoms with Gasteiger partial charge in [0.1, 0.15) is 5.56 Å². The van der Waals surface area contributed by atoms with E-state index in [1.165, 1.54) is 55.8 Å². The summed E-state index contributed by atoms with van der Waals surface area (Å²) < 4.78 is 19.5. The molecule has 0 spiro atoms. The number of methoxy groups -OCH3 is 1. The number of aliphatic hydroxyl groups is 1. The average molecular weight is 538 g/mol. The van der Waals surface area contributed by atoms with Crippen LogP contribution in [0.4, 0.5) is 4.39 Å². The van der Waals surface area contributed by atoms with Crippen molar-refractivity contribution in [2.45, 2.75) is 19.1 Å². The number of hydrogen-bond acceptors (Lipinski definition) is 7. The summed E-state index contributed by atoms with van der Waals surface area (Å²) in [5, 5.41) is 22.7. The minimum atomic E-state index is -1.45. The van der Waals surface area contributed by atoms with Gasteiger partial charge < -0.3 is 25.6 Å². The molecule has 39 heavy (non-hydrogen) atoms. The quantitative estimate of drug-likeness (QED) is 0.228. The van der Waals surface area contributed by atoms with Crippen molar-refractivity contribution in [3.63, 3.8) is 0 Å². The number of nitrogens with one attached hydrogen (secondary N) is 3. The minimum absolute atomic E-state index is 0.0147. The SMILES string of the molecule is COc1cc(CNC(=O)C#Cc2cn(Cc3ccc(C(=O)N[C@H](CO)C(=O)O)cc3)c(=O)[nH]c2=O)ccc1F. The van der Waals surface area contributed by atoms with Crippen LogP contribution in [-0.4, -0.2) is 57.3 Å². The van der Waals surface area contributed by atoms with Gasteiger partial charge in [-0.05, 0) is 41.3 Å². The first-order chi connectivity index (χ1) is 18.6. The summed E-state index contributed by atoms with van der Waals surface area (Å²) >= 11 is 0. The molecule has 0 aliphatic heterocycles. The van der Waals surface area contributed by atoms with Crippen molar-refractivity contribution in [2.24, 2.45) is 0 Å². The molecule has 12 nitrogen and oxygen atoms in total. The van der Waals surface area contributed by atoms with Crippen LogP contribution >= 0.6 is 0 Å². The Morgan fingerprint density at radius 2 is 1.82 bits per heavy atom. The number of carbonyl (C=O) groups excluding carboxylic acids is 2. The first-order valence-electron chi connectivity index (χ1n) is 11.3. The highest BCUT2D eigenvalue weighted by Gasteiger charge is 2.19. The number of carbonyl (C=O) groups is 3. The lowest BCUT2D eigenvalue weighted by Crippen LogP contribution is -2.43. The van der Waals surface area contributed by atoms with Gasteiger partial charge in [-0.1, -0.05) is 18.2 Å². The summed E-state index contributed by atoms with van der Waals surface area (Å²) in [6.45, 7) is -0.755. The molecule has 0 unspecified atom stereocenters. The van der Waals surface area contributed by atoms with Crippen LogP contribution < -0.4 is 26.6 Å². The van der Waals surface area contributed by atoms with Gasteiger partial charge in [0.25, 0.3) is 17.4 Å². The van der Waals surface area contributed by atoms with E-state index in [9.17, 15) is 28.4 Å². The second-order valence-electron chi connectivity index (χ2n) is 8.08. The van der Waals surface area contributed by atoms with E-state index in [4.69, 9.17) is 14.9 Å². The maximum Gasteiger partial charge on any atom is 0.328 e. The van der Waals surface area contributed by atoms with E-state index in [2.05, 4.69) is 27.5 Å². The number of hydrogen-bond donors (Lipinski definition) is 5. The molecule has 3 aromatic rings. The maximum atomic E-state index is 13.5. The molecule has 0 saturated heterocycles. The Balaban J connectivity index is 1.68. The van der Waals surface area contributed by atoms with E-state index in [1.807, 2.05) is 0 Å². The van der Waals surface area contributed by atoms with Gasteiger partial charge in [-0.3, -0.25) is 23.9 Å². The van der Waals surface area contributed by atoms with Crippen molar-refractivity contribution >= 4 is 17.8 Å². The third kappa shape index (κ3) is 7.63. The Labute approximate surface area is 220 Å². The second-order valence-corrected chi connectivity index (χ2v) is 8.08. The number of carboxylic acid groups (broad SMARTS) is 1. The van der Waals surface area contributed by atoms with Gasteiger partial charge in [0.15, 0.2) is 17.6 Å². The highest BCUT2D eigenvalue weighted by atomic mass is 19.1. The van der Waals surface area contributed by atoms with Crippen LogP contribution in [0.2, 0.25) is 0 Å². The lowest BCUT2D eigenvalue weighted by atomic mass is 10.1. The van der Waals surface area contributed by atoms with Gasteiger partial charge in [-0.25, -0.2) is 14.0 Å². The fourth-order valence-electron chi connectivity index (χ4n) is 3.27. The number of ether oxygens (including phenoxy) is 1. The van der Waals surface area contributed by atoms with Crippen LogP contribution in [0.25, 0.3) is 0 Å². The largest absolute Gasteiger partial charge is 0.494 e. The third-order valence-corrected chi connectivity index (χ3v) is 5.35. The Hall–Kier alpha value is -5.22. The van der Waals surface area contributed by atoms with Crippen LogP contribution in [0.1, 0.15) is 27.0 Å². The molecule has 0 aliphatic carbocycles. The molecule has 3 rings (SSSR count). The van der Waals surface area contributed by atoms with Crippen molar-refractivity contribution in [3.05, 3.63) is 97.6 Å². The van der Waals surface area contributed by atoms with Crippen LogP contribution in [0.5, 0.6) is 5.75 Å². The van der Waals surface area contributed by atoms with Crippen molar-refractivity contribution in [3.8, 4) is 17.6 Å². The highest BCUT2D eigenvalue weighted by Crippen LogP contribution is 2.17. The normalized spacial score (nSPS) is 11.1. The zero-order chi connectivity index (χ0) is 28.5. The summed E-state index contributed by atoms with van der Waals surface area (Å²) in [7, 11) is 1.32. The van der Waals surface area contributed by atoms with Crippen molar-refractivity contribution in [1.82, 2.24) is 20.2 Å². The first kappa shape index (κ1) is 28.4. The fourth-order valence-corrected chi connectivity index (χ4v) is 3.27. The number of aromatic amines is 1. The Kier molecular flexibility index (Phi) is 9.33. The molecule has 2 amide bonds. The molecule has 13 heteroatoms.